The summed E-state index contributed by atoms with van der Waals surface area (Å²) >= 11 is 1.43. The van der Waals surface area contributed by atoms with Crippen LogP contribution in [0.1, 0.15) is 15.4 Å². The molecular weight excluding hydrogens is 362 g/mol. The summed E-state index contributed by atoms with van der Waals surface area (Å²) in [6.45, 7) is 5.04. The van der Waals surface area contributed by atoms with E-state index in [0.717, 1.165) is 42.4 Å². The molecule has 25 heavy (non-hydrogen) atoms. The standard InChI is InChI=1S/C17H21N3O3S.ClH/c1-11-15(17(21)20-8-6-18-7-9-20)24-16(19-11)12-4-5-13(22-2)14(10-12)23-3;/h4-5,10,18H,6-9H2,1-3H3;1H. The van der Waals surface area contributed by atoms with Crippen molar-refractivity contribution in [2.75, 3.05) is 40.4 Å². The number of rotatable bonds is 4. The molecule has 1 amide bonds. The number of aryl methyl sites for hydroxylation is 1. The zero-order chi connectivity index (χ0) is 17.1. The maximum atomic E-state index is 12.7. The normalized spacial score (nSPS) is 14.0. The Bertz CT molecular complexity index is 745. The van der Waals surface area contributed by atoms with Crippen molar-refractivity contribution >= 4 is 29.7 Å². The topological polar surface area (TPSA) is 63.7 Å². The third kappa shape index (κ3) is 4.05. The van der Waals surface area contributed by atoms with Crippen LogP contribution in [0.4, 0.5) is 0 Å². The molecule has 0 atom stereocenters. The lowest BCUT2D eigenvalue weighted by Gasteiger charge is -2.27. The van der Waals surface area contributed by atoms with Crippen molar-refractivity contribution in [2.24, 2.45) is 0 Å². The lowest BCUT2D eigenvalue weighted by molar-refractivity contribution is 0.0739. The number of carbonyl (C=O) groups is 1. The number of carbonyl (C=O) groups excluding carboxylic acids is 1. The van der Waals surface area contributed by atoms with Crippen molar-refractivity contribution in [2.45, 2.75) is 6.92 Å². The summed E-state index contributed by atoms with van der Waals surface area (Å²) in [4.78, 5) is 19.9. The van der Waals surface area contributed by atoms with Crippen LogP contribution in [0.25, 0.3) is 10.6 Å². The second kappa shape index (κ2) is 8.51. The Morgan fingerprint density at radius 3 is 2.52 bits per heavy atom. The Labute approximate surface area is 157 Å². The first-order valence-electron chi connectivity index (χ1n) is 7.84. The molecule has 0 unspecified atom stereocenters. The first kappa shape index (κ1) is 19.5. The van der Waals surface area contributed by atoms with Gasteiger partial charge >= 0.3 is 0 Å². The van der Waals surface area contributed by atoms with E-state index in [1.54, 1.807) is 14.2 Å². The lowest BCUT2D eigenvalue weighted by Crippen LogP contribution is -2.46. The van der Waals surface area contributed by atoms with Crippen molar-refractivity contribution in [1.29, 1.82) is 0 Å². The Balaban J connectivity index is 0.00000225. The molecule has 2 aromatic rings. The van der Waals surface area contributed by atoms with Crippen LogP contribution in [0.5, 0.6) is 11.5 Å². The maximum Gasteiger partial charge on any atom is 0.265 e. The SMILES string of the molecule is COc1ccc(-c2nc(C)c(C(=O)N3CCNCC3)s2)cc1OC.Cl. The van der Waals surface area contributed by atoms with Gasteiger partial charge in [-0.2, -0.15) is 0 Å². The van der Waals surface area contributed by atoms with Crippen LogP contribution in [0, 0.1) is 6.92 Å². The van der Waals surface area contributed by atoms with E-state index >= 15 is 0 Å². The molecule has 2 heterocycles. The second-order valence-electron chi connectivity index (χ2n) is 5.55. The zero-order valence-corrected chi connectivity index (χ0v) is 16.1. The van der Waals surface area contributed by atoms with E-state index in [2.05, 4.69) is 10.3 Å². The van der Waals surface area contributed by atoms with Crippen LogP contribution < -0.4 is 14.8 Å². The number of ether oxygens (including phenoxy) is 2. The molecule has 0 spiro atoms. The van der Waals surface area contributed by atoms with Gasteiger partial charge in [0.1, 0.15) is 9.88 Å². The van der Waals surface area contributed by atoms with Crippen LogP contribution in [0.15, 0.2) is 18.2 Å². The number of nitrogens with zero attached hydrogens (tertiary/aromatic N) is 2. The number of amides is 1. The van der Waals surface area contributed by atoms with Gasteiger partial charge in [-0.15, -0.1) is 23.7 Å². The Morgan fingerprint density at radius 2 is 1.88 bits per heavy atom. The smallest absolute Gasteiger partial charge is 0.265 e. The van der Waals surface area contributed by atoms with Gasteiger partial charge in [0.25, 0.3) is 5.91 Å². The highest BCUT2D eigenvalue weighted by atomic mass is 35.5. The van der Waals surface area contributed by atoms with Gasteiger partial charge in [-0.05, 0) is 25.1 Å². The fraction of sp³-hybridized carbons (Fsp3) is 0.412. The van der Waals surface area contributed by atoms with Crippen molar-refractivity contribution < 1.29 is 14.3 Å². The minimum absolute atomic E-state index is 0. The van der Waals surface area contributed by atoms with E-state index in [9.17, 15) is 4.79 Å². The summed E-state index contributed by atoms with van der Waals surface area (Å²) in [5.41, 5.74) is 1.69. The number of aromatic nitrogens is 1. The molecule has 1 aliphatic rings. The number of thiazole rings is 1. The highest BCUT2D eigenvalue weighted by Gasteiger charge is 2.23. The van der Waals surface area contributed by atoms with Crippen molar-refractivity contribution in [3.05, 3.63) is 28.8 Å². The Kier molecular flexibility index (Phi) is 6.64. The molecule has 1 aromatic heterocycles. The minimum atomic E-state index is 0. The summed E-state index contributed by atoms with van der Waals surface area (Å²) < 4.78 is 10.6. The van der Waals surface area contributed by atoms with E-state index in [4.69, 9.17) is 9.47 Å². The second-order valence-corrected chi connectivity index (χ2v) is 6.54. The van der Waals surface area contributed by atoms with Gasteiger partial charge in [0.15, 0.2) is 11.5 Å². The van der Waals surface area contributed by atoms with E-state index in [-0.39, 0.29) is 18.3 Å². The molecule has 1 saturated heterocycles. The molecule has 136 valence electrons. The lowest BCUT2D eigenvalue weighted by atomic mass is 10.2. The van der Waals surface area contributed by atoms with E-state index in [0.29, 0.717) is 16.4 Å². The number of halogens is 1. The number of benzene rings is 1. The molecular formula is C17H22ClN3O3S. The Hall–Kier alpha value is -1.83. The van der Waals surface area contributed by atoms with Crippen LogP contribution >= 0.6 is 23.7 Å². The summed E-state index contributed by atoms with van der Waals surface area (Å²) in [7, 11) is 3.21. The highest BCUT2D eigenvalue weighted by molar-refractivity contribution is 7.17. The largest absolute Gasteiger partial charge is 0.493 e. The van der Waals surface area contributed by atoms with Crippen LogP contribution in [-0.2, 0) is 0 Å². The summed E-state index contributed by atoms with van der Waals surface area (Å²) in [5, 5.41) is 4.07. The average Bonchev–Trinajstić information content (AvgIpc) is 3.03. The quantitative estimate of drug-likeness (QED) is 0.879. The van der Waals surface area contributed by atoms with Gasteiger partial charge in [0.05, 0.1) is 19.9 Å². The molecule has 0 saturated carbocycles. The molecule has 3 rings (SSSR count). The van der Waals surface area contributed by atoms with Crippen molar-refractivity contribution in [3.8, 4) is 22.1 Å². The van der Waals surface area contributed by atoms with Gasteiger partial charge in [0.2, 0.25) is 0 Å². The molecule has 0 radical (unpaired) electrons. The van der Waals surface area contributed by atoms with Gasteiger partial charge in [0, 0.05) is 31.7 Å². The monoisotopic (exact) mass is 383 g/mol. The number of piperazine rings is 1. The van der Waals surface area contributed by atoms with E-state index < -0.39 is 0 Å². The predicted molar refractivity (Wildman–Crippen MR) is 101 cm³/mol. The fourth-order valence-electron chi connectivity index (χ4n) is 2.70. The average molecular weight is 384 g/mol. The fourth-order valence-corrected chi connectivity index (χ4v) is 3.73. The number of methoxy groups -OCH3 is 2. The summed E-state index contributed by atoms with van der Waals surface area (Å²) in [6.07, 6.45) is 0. The number of hydrogen-bond acceptors (Lipinski definition) is 6. The molecule has 0 bridgehead atoms. The third-order valence-corrected chi connectivity index (χ3v) is 5.22. The van der Waals surface area contributed by atoms with Gasteiger partial charge < -0.3 is 19.7 Å². The molecule has 1 fully saturated rings. The first-order chi connectivity index (χ1) is 11.6. The van der Waals surface area contributed by atoms with Gasteiger partial charge in [-0.3, -0.25) is 4.79 Å². The first-order valence-corrected chi connectivity index (χ1v) is 8.65. The Morgan fingerprint density at radius 1 is 1.20 bits per heavy atom. The van der Waals surface area contributed by atoms with E-state index in [1.165, 1.54) is 11.3 Å². The van der Waals surface area contributed by atoms with Crippen LogP contribution in [0.2, 0.25) is 0 Å². The van der Waals surface area contributed by atoms with E-state index in [1.807, 2.05) is 30.0 Å². The highest BCUT2D eigenvalue weighted by Crippen LogP contribution is 2.35. The molecule has 0 aliphatic carbocycles. The number of hydrogen-bond donors (Lipinski definition) is 1. The molecule has 8 heteroatoms. The summed E-state index contributed by atoms with van der Waals surface area (Å²) in [5.74, 6) is 1.39. The van der Waals surface area contributed by atoms with Gasteiger partial charge in [-0.25, -0.2) is 4.98 Å². The van der Waals surface area contributed by atoms with Gasteiger partial charge in [-0.1, -0.05) is 0 Å². The molecule has 1 aliphatic heterocycles. The maximum absolute atomic E-state index is 12.7. The predicted octanol–water partition coefficient (Wildman–Crippen LogP) is 2.60. The van der Waals surface area contributed by atoms with Crippen molar-refractivity contribution in [3.63, 3.8) is 0 Å². The third-order valence-electron chi connectivity index (χ3n) is 4.03. The molecule has 1 N–H and O–H groups in total. The van der Waals surface area contributed by atoms with Crippen LogP contribution in [-0.4, -0.2) is 56.2 Å². The zero-order valence-electron chi connectivity index (χ0n) is 14.5. The molecule has 1 aromatic carbocycles. The number of nitrogens with one attached hydrogen (secondary N) is 1. The van der Waals surface area contributed by atoms with Crippen molar-refractivity contribution in [1.82, 2.24) is 15.2 Å². The molecule has 6 nitrogen and oxygen atoms in total. The summed E-state index contributed by atoms with van der Waals surface area (Å²) in [6, 6.07) is 5.66. The van der Waals surface area contributed by atoms with Crippen LogP contribution in [0.3, 0.4) is 0 Å². The minimum Gasteiger partial charge on any atom is -0.493 e.